The van der Waals surface area contributed by atoms with Gasteiger partial charge in [0.15, 0.2) is 6.10 Å². The van der Waals surface area contributed by atoms with E-state index < -0.39 is 0 Å². The number of ether oxygens (including phenoxy) is 1. The number of fused-ring (bicyclic) bond motifs is 2. The molecular formula is C15H15N3OS. The summed E-state index contributed by atoms with van der Waals surface area (Å²) in [6.45, 7) is 1.79. The van der Waals surface area contributed by atoms with Crippen molar-refractivity contribution in [2.75, 3.05) is 6.54 Å². The van der Waals surface area contributed by atoms with Crippen molar-refractivity contribution in [1.29, 1.82) is 0 Å². The van der Waals surface area contributed by atoms with E-state index in [4.69, 9.17) is 17.0 Å². The molecule has 4 nitrogen and oxygen atoms in total. The zero-order valence-electron chi connectivity index (χ0n) is 11.0. The van der Waals surface area contributed by atoms with Crippen LogP contribution in [0, 0.1) is 4.64 Å². The minimum atomic E-state index is -0.0470. The van der Waals surface area contributed by atoms with Crippen LogP contribution >= 0.6 is 12.2 Å². The van der Waals surface area contributed by atoms with Gasteiger partial charge < -0.3 is 15.0 Å². The van der Waals surface area contributed by atoms with Crippen LogP contribution in [0.3, 0.4) is 0 Å². The van der Waals surface area contributed by atoms with Gasteiger partial charge in [0.1, 0.15) is 16.2 Å². The molecule has 1 aromatic carbocycles. The van der Waals surface area contributed by atoms with E-state index >= 15 is 0 Å². The van der Waals surface area contributed by atoms with Crippen LogP contribution in [0.1, 0.15) is 28.7 Å². The molecule has 0 saturated carbocycles. The average Bonchev–Trinajstić information content (AvgIpc) is 2.91. The Balaban J connectivity index is 1.71. The third-order valence-corrected chi connectivity index (χ3v) is 4.27. The van der Waals surface area contributed by atoms with Gasteiger partial charge in [-0.25, -0.2) is 4.98 Å². The lowest BCUT2D eigenvalue weighted by Crippen LogP contribution is -2.26. The number of nitrogens with one attached hydrogen (secondary N) is 2. The summed E-state index contributed by atoms with van der Waals surface area (Å²) < 4.78 is 6.68. The van der Waals surface area contributed by atoms with E-state index in [9.17, 15) is 0 Å². The second kappa shape index (κ2) is 4.68. The highest BCUT2D eigenvalue weighted by Gasteiger charge is 2.27. The molecule has 1 unspecified atom stereocenters. The SMILES string of the molecule is S=c1nc(C2Cc3ccccc3O2)[nH]c2c1CNCC2. The summed E-state index contributed by atoms with van der Waals surface area (Å²) in [6.07, 6.45) is 1.77. The topological polar surface area (TPSA) is 49.9 Å². The molecule has 0 saturated heterocycles. The average molecular weight is 285 g/mol. The molecule has 2 N–H and O–H groups in total. The van der Waals surface area contributed by atoms with Gasteiger partial charge in [0.2, 0.25) is 0 Å². The fraction of sp³-hybridized carbons (Fsp3) is 0.333. The largest absolute Gasteiger partial charge is 0.482 e. The predicted molar refractivity (Wildman–Crippen MR) is 78.3 cm³/mol. The fourth-order valence-corrected chi connectivity index (χ4v) is 3.17. The van der Waals surface area contributed by atoms with Crippen LogP contribution in [-0.4, -0.2) is 16.5 Å². The number of H-pyrrole nitrogens is 1. The fourth-order valence-electron chi connectivity index (χ4n) is 2.87. The number of benzene rings is 1. The smallest absolute Gasteiger partial charge is 0.160 e. The first-order valence-corrected chi connectivity index (χ1v) is 7.29. The molecule has 0 fully saturated rings. The van der Waals surface area contributed by atoms with E-state index in [1.807, 2.05) is 18.2 Å². The van der Waals surface area contributed by atoms with Crippen molar-refractivity contribution in [3.05, 3.63) is 51.6 Å². The Hall–Kier alpha value is -1.72. The van der Waals surface area contributed by atoms with Gasteiger partial charge in [-0.05, 0) is 11.6 Å². The molecule has 102 valence electrons. The first-order valence-electron chi connectivity index (χ1n) is 6.88. The number of aromatic amines is 1. The van der Waals surface area contributed by atoms with Crippen LogP contribution in [0.5, 0.6) is 5.75 Å². The number of nitrogens with zero attached hydrogens (tertiary/aromatic N) is 1. The van der Waals surface area contributed by atoms with Crippen molar-refractivity contribution in [2.24, 2.45) is 0 Å². The molecule has 0 aliphatic carbocycles. The quantitative estimate of drug-likeness (QED) is 0.790. The third-order valence-electron chi connectivity index (χ3n) is 3.93. The predicted octanol–water partition coefficient (Wildman–Crippen LogP) is 2.46. The van der Waals surface area contributed by atoms with Gasteiger partial charge in [0, 0.05) is 37.2 Å². The van der Waals surface area contributed by atoms with Crippen molar-refractivity contribution in [1.82, 2.24) is 15.3 Å². The number of hydrogen-bond donors (Lipinski definition) is 2. The number of hydrogen-bond acceptors (Lipinski definition) is 4. The first kappa shape index (κ1) is 12.1. The molecule has 20 heavy (non-hydrogen) atoms. The lowest BCUT2D eigenvalue weighted by atomic mass is 10.1. The van der Waals surface area contributed by atoms with Crippen LogP contribution < -0.4 is 10.1 Å². The Morgan fingerprint density at radius 3 is 3.10 bits per heavy atom. The van der Waals surface area contributed by atoms with Gasteiger partial charge in [-0.1, -0.05) is 30.4 Å². The van der Waals surface area contributed by atoms with Gasteiger partial charge >= 0.3 is 0 Å². The minimum Gasteiger partial charge on any atom is -0.482 e. The van der Waals surface area contributed by atoms with E-state index in [1.54, 1.807) is 0 Å². The van der Waals surface area contributed by atoms with Gasteiger partial charge in [-0.2, -0.15) is 0 Å². The molecule has 4 rings (SSSR count). The molecule has 2 aromatic rings. The summed E-state index contributed by atoms with van der Waals surface area (Å²) in [5, 5.41) is 3.33. The van der Waals surface area contributed by atoms with Crippen LogP contribution in [0.25, 0.3) is 0 Å². The Kier molecular flexibility index (Phi) is 2.82. The molecule has 0 radical (unpaired) electrons. The second-order valence-electron chi connectivity index (χ2n) is 5.23. The highest BCUT2D eigenvalue weighted by atomic mass is 32.1. The van der Waals surface area contributed by atoms with E-state index in [1.165, 1.54) is 11.3 Å². The van der Waals surface area contributed by atoms with E-state index in [2.05, 4.69) is 21.4 Å². The van der Waals surface area contributed by atoms with Crippen molar-refractivity contribution >= 4 is 12.2 Å². The highest BCUT2D eigenvalue weighted by Crippen LogP contribution is 2.35. The molecule has 1 aromatic heterocycles. The summed E-state index contributed by atoms with van der Waals surface area (Å²) in [7, 11) is 0. The normalized spacial score (nSPS) is 20.1. The molecular weight excluding hydrogens is 270 g/mol. The number of rotatable bonds is 1. The monoisotopic (exact) mass is 285 g/mol. The lowest BCUT2D eigenvalue weighted by molar-refractivity contribution is 0.226. The molecule has 1 atom stereocenters. The van der Waals surface area contributed by atoms with Crippen molar-refractivity contribution in [3.8, 4) is 5.75 Å². The van der Waals surface area contributed by atoms with Gasteiger partial charge in [0.25, 0.3) is 0 Å². The maximum absolute atomic E-state index is 5.98. The van der Waals surface area contributed by atoms with Gasteiger partial charge in [-0.15, -0.1) is 0 Å². The van der Waals surface area contributed by atoms with Crippen molar-refractivity contribution in [3.63, 3.8) is 0 Å². The van der Waals surface area contributed by atoms with Gasteiger partial charge in [-0.3, -0.25) is 0 Å². The molecule has 0 amide bonds. The van der Waals surface area contributed by atoms with E-state index in [-0.39, 0.29) is 6.10 Å². The first-order chi connectivity index (χ1) is 9.81. The van der Waals surface area contributed by atoms with Crippen LogP contribution in [0.15, 0.2) is 24.3 Å². The molecule has 3 heterocycles. The molecule has 2 aliphatic heterocycles. The third kappa shape index (κ3) is 1.94. The Morgan fingerprint density at radius 1 is 1.30 bits per heavy atom. The summed E-state index contributed by atoms with van der Waals surface area (Å²) in [5.74, 6) is 1.81. The summed E-state index contributed by atoms with van der Waals surface area (Å²) in [5.41, 5.74) is 3.57. The highest BCUT2D eigenvalue weighted by molar-refractivity contribution is 7.71. The maximum Gasteiger partial charge on any atom is 0.160 e. The zero-order chi connectivity index (χ0) is 13.5. The number of para-hydroxylation sites is 1. The molecule has 2 aliphatic rings. The zero-order valence-corrected chi connectivity index (χ0v) is 11.8. The second-order valence-corrected chi connectivity index (χ2v) is 5.62. The molecule has 0 spiro atoms. The van der Waals surface area contributed by atoms with E-state index in [0.717, 1.165) is 43.1 Å². The molecule has 5 heteroatoms. The molecule has 0 bridgehead atoms. The maximum atomic E-state index is 5.98. The Labute approximate surface area is 122 Å². The minimum absolute atomic E-state index is 0.0470. The van der Waals surface area contributed by atoms with E-state index in [0.29, 0.717) is 4.64 Å². The summed E-state index contributed by atoms with van der Waals surface area (Å²) in [6, 6.07) is 8.15. The van der Waals surface area contributed by atoms with Gasteiger partial charge in [0.05, 0.1) is 0 Å². The lowest BCUT2D eigenvalue weighted by Gasteiger charge is -2.19. The Bertz CT molecular complexity index is 700. The van der Waals surface area contributed by atoms with Crippen molar-refractivity contribution < 1.29 is 4.74 Å². The van der Waals surface area contributed by atoms with Crippen molar-refractivity contribution in [2.45, 2.75) is 25.5 Å². The Morgan fingerprint density at radius 2 is 2.20 bits per heavy atom. The standard InChI is InChI=1S/C15H15N3OS/c20-15-10-8-16-6-5-11(10)17-14(18-15)13-7-9-3-1-2-4-12(9)19-13/h1-4,13,16H,5-8H2,(H,17,18,20). The van der Waals surface area contributed by atoms with Crippen LogP contribution in [-0.2, 0) is 19.4 Å². The van der Waals surface area contributed by atoms with Crippen LogP contribution in [0.2, 0.25) is 0 Å². The summed E-state index contributed by atoms with van der Waals surface area (Å²) in [4.78, 5) is 7.99. The summed E-state index contributed by atoms with van der Waals surface area (Å²) >= 11 is 5.42. The number of aromatic nitrogens is 2. The van der Waals surface area contributed by atoms with Crippen LogP contribution in [0.4, 0.5) is 0 Å².